The zero-order valence-corrected chi connectivity index (χ0v) is 11.7. The Morgan fingerprint density at radius 2 is 2.21 bits per heavy atom. The lowest BCUT2D eigenvalue weighted by molar-refractivity contribution is -0.113. The minimum absolute atomic E-state index is 0.175. The highest BCUT2D eigenvalue weighted by molar-refractivity contribution is 8.18. The second-order valence-corrected chi connectivity index (χ2v) is 6.25. The van der Waals surface area contributed by atoms with Gasteiger partial charge in [-0.05, 0) is 23.9 Å². The van der Waals surface area contributed by atoms with E-state index in [2.05, 4.69) is 9.89 Å². The van der Waals surface area contributed by atoms with Crippen LogP contribution in [0.1, 0.15) is 5.56 Å². The minimum Gasteiger partial charge on any atom is -0.507 e. The van der Waals surface area contributed by atoms with Crippen LogP contribution in [-0.2, 0) is 4.79 Å². The van der Waals surface area contributed by atoms with E-state index in [4.69, 9.17) is 0 Å². The summed E-state index contributed by atoms with van der Waals surface area (Å²) in [6.07, 6.45) is 1.70. The van der Waals surface area contributed by atoms with Gasteiger partial charge in [0.1, 0.15) is 5.75 Å². The van der Waals surface area contributed by atoms with Crippen LogP contribution in [0, 0.1) is 0 Å². The summed E-state index contributed by atoms with van der Waals surface area (Å²) in [6.45, 7) is 0.938. The number of carbonyl (C=O) groups excluding carboxylic acids is 1. The van der Waals surface area contributed by atoms with Crippen LogP contribution in [0.25, 0.3) is 6.08 Å². The van der Waals surface area contributed by atoms with E-state index in [1.807, 2.05) is 17.8 Å². The number of carbonyl (C=O) groups is 1. The topological polar surface area (TPSA) is 52.9 Å². The number of amides is 1. The van der Waals surface area contributed by atoms with E-state index in [-0.39, 0.29) is 11.7 Å². The van der Waals surface area contributed by atoms with E-state index in [9.17, 15) is 9.90 Å². The molecule has 0 aromatic heterocycles. The minimum atomic E-state index is -0.222. The smallest absolute Gasteiger partial charge is 0.286 e. The molecule has 2 aliphatic heterocycles. The van der Waals surface area contributed by atoms with Crippen molar-refractivity contribution in [3.8, 4) is 5.75 Å². The van der Waals surface area contributed by atoms with Gasteiger partial charge in [0, 0.05) is 17.9 Å². The average Bonchev–Trinajstić information content (AvgIpc) is 3.02. The van der Waals surface area contributed by atoms with Crippen molar-refractivity contribution in [2.75, 3.05) is 18.2 Å². The third-order valence-electron chi connectivity index (χ3n) is 2.86. The summed E-state index contributed by atoms with van der Waals surface area (Å²) in [5.41, 5.74) is 0.644. The molecule has 0 unspecified atom stereocenters. The lowest BCUT2D eigenvalue weighted by Gasteiger charge is -2.13. The number of hydrogen-bond donors (Lipinski definition) is 1. The lowest BCUT2D eigenvalue weighted by atomic mass is 10.2. The highest BCUT2D eigenvalue weighted by Gasteiger charge is 2.27. The van der Waals surface area contributed by atoms with Crippen LogP contribution >= 0.6 is 23.5 Å². The molecule has 4 nitrogen and oxygen atoms in total. The standard InChI is InChI=1S/C13H12N2O2S2/c16-10-4-2-1-3-9(10)7-11-12(17)14-13(19-11)15-5-6-18-8-15/h1-4,7,16H,5-6,8H2/b11-7-. The van der Waals surface area contributed by atoms with Crippen molar-refractivity contribution in [2.45, 2.75) is 0 Å². The number of phenols is 1. The molecule has 98 valence electrons. The molecule has 19 heavy (non-hydrogen) atoms. The Kier molecular flexibility index (Phi) is 3.52. The molecule has 2 heterocycles. The third kappa shape index (κ3) is 2.64. The van der Waals surface area contributed by atoms with Gasteiger partial charge in [0.15, 0.2) is 5.17 Å². The maximum atomic E-state index is 11.9. The number of benzene rings is 1. The summed E-state index contributed by atoms with van der Waals surface area (Å²) in [5.74, 6) is 1.92. The second kappa shape index (κ2) is 5.30. The highest BCUT2D eigenvalue weighted by Crippen LogP contribution is 2.33. The first kappa shape index (κ1) is 12.6. The predicted octanol–water partition coefficient (Wildman–Crippen LogP) is 2.37. The molecule has 6 heteroatoms. The van der Waals surface area contributed by atoms with Crippen molar-refractivity contribution < 1.29 is 9.90 Å². The summed E-state index contributed by atoms with van der Waals surface area (Å²) in [7, 11) is 0. The first-order chi connectivity index (χ1) is 9.24. The molecular weight excluding hydrogens is 280 g/mol. The largest absolute Gasteiger partial charge is 0.507 e. The molecule has 0 aliphatic carbocycles. The number of aromatic hydroxyl groups is 1. The average molecular weight is 292 g/mol. The molecule has 1 aromatic carbocycles. The van der Waals surface area contributed by atoms with Gasteiger partial charge in [-0.25, -0.2) is 0 Å². The molecular formula is C13H12N2O2S2. The molecule has 0 saturated carbocycles. The number of aliphatic imine (C=N–C) groups is 1. The number of phenolic OH excluding ortho intramolecular Hbond substituents is 1. The van der Waals surface area contributed by atoms with Gasteiger partial charge in [-0.3, -0.25) is 4.79 Å². The van der Waals surface area contributed by atoms with E-state index in [0.29, 0.717) is 10.5 Å². The summed E-state index contributed by atoms with van der Waals surface area (Å²) < 4.78 is 0. The first-order valence-corrected chi connectivity index (χ1v) is 7.84. The molecule has 3 rings (SSSR count). The van der Waals surface area contributed by atoms with Crippen LogP contribution in [0.2, 0.25) is 0 Å². The fourth-order valence-electron chi connectivity index (χ4n) is 1.85. The van der Waals surface area contributed by atoms with Gasteiger partial charge >= 0.3 is 0 Å². The monoisotopic (exact) mass is 292 g/mol. The predicted molar refractivity (Wildman–Crippen MR) is 80.1 cm³/mol. The fraction of sp³-hybridized carbons (Fsp3) is 0.231. The number of thioether (sulfide) groups is 2. The van der Waals surface area contributed by atoms with E-state index in [1.165, 1.54) is 11.8 Å². The van der Waals surface area contributed by atoms with Gasteiger partial charge < -0.3 is 10.0 Å². The van der Waals surface area contributed by atoms with Crippen LogP contribution in [0.5, 0.6) is 5.75 Å². The summed E-state index contributed by atoms with van der Waals surface area (Å²) in [5, 5.41) is 10.5. The molecule has 1 amide bonds. The van der Waals surface area contributed by atoms with Gasteiger partial charge in [-0.2, -0.15) is 4.99 Å². The van der Waals surface area contributed by atoms with Gasteiger partial charge in [-0.15, -0.1) is 11.8 Å². The number of hydrogen-bond acceptors (Lipinski definition) is 5. The SMILES string of the molecule is O=C1N=C(N2CCSC2)S/C1=C\c1ccccc1O. The molecule has 0 radical (unpaired) electrons. The quantitative estimate of drug-likeness (QED) is 0.805. The molecule has 2 aliphatic rings. The van der Waals surface area contributed by atoms with E-state index in [1.54, 1.807) is 24.3 Å². The number of amidine groups is 1. The van der Waals surface area contributed by atoms with Crippen LogP contribution < -0.4 is 0 Å². The van der Waals surface area contributed by atoms with Crippen LogP contribution in [0.3, 0.4) is 0 Å². The zero-order chi connectivity index (χ0) is 13.2. The van der Waals surface area contributed by atoms with Crippen LogP contribution in [-0.4, -0.2) is 39.3 Å². The van der Waals surface area contributed by atoms with E-state index >= 15 is 0 Å². The summed E-state index contributed by atoms with van der Waals surface area (Å²) in [4.78, 5) is 18.6. The Morgan fingerprint density at radius 3 is 2.95 bits per heavy atom. The van der Waals surface area contributed by atoms with Gasteiger partial charge in [0.2, 0.25) is 0 Å². The first-order valence-electron chi connectivity index (χ1n) is 5.87. The maximum Gasteiger partial charge on any atom is 0.286 e. The van der Waals surface area contributed by atoms with Crippen molar-refractivity contribution in [3.05, 3.63) is 34.7 Å². The molecule has 0 spiro atoms. The second-order valence-electron chi connectivity index (χ2n) is 4.17. The molecule has 0 atom stereocenters. The Labute approximate surface area is 119 Å². The number of rotatable bonds is 1. The maximum absolute atomic E-state index is 11.9. The Bertz CT molecular complexity index is 578. The van der Waals surface area contributed by atoms with Crippen LogP contribution in [0.4, 0.5) is 0 Å². The normalized spacial score (nSPS) is 21.3. The Morgan fingerprint density at radius 1 is 1.37 bits per heavy atom. The van der Waals surface area contributed by atoms with E-state index in [0.717, 1.165) is 23.3 Å². The molecule has 1 saturated heterocycles. The molecule has 0 bridgehead atoms. The highest BCUT2D eigenvalue weighted by atomic mass is 32.2. The molecule has 1 N–H and O–H groups in total. The van der Waals surface area contributed by atoms with Gasteiger partial charge in [0.05, 0.1) is 10.8 Å². The van der Waals surface area contributed by atoms with Crippen molar-refractivity contribution in [3.63, 3.8) is 0 Å². The van der Waals surface area contributed by atoms with Gasteiger partial charge in [0.25, 0.3) is 5.91 Å². The van der Waals surface area contributed by atoms with Crippen molar-refractivity contribution in [1.82, 2.24) is 4.90 Å². The van der Waals surface area contributed by atoms with E-state index < -0.39 is 0 Å². The summed E-state index contributed by atoms with van der Waals surface area (Å²) >= 11 is 3.22. The van der Waals surface area contributed by atoms with Crippen molar-refractivity contribution in [1.29, 1.82) is 0 Å². The fourth-order valence-corrected chi connectivity index (χ4v) is 3.81. The number of nitrogens with zero attached hydrogens (tertiary/aromatic N) is 2. The lowest BCUT2D eigenvalue weighted by Crippen LogP contribution is -2.23. The molecule has 1 aromatic rings. The van der Waals surface area contributed by atoms with Gasteiger partial charge in [-0.1, -0.05) is 18.2 Å². The third-order valence-corrected chi connectivity index (χ3v) is 4.87. The molecule has 1 fully saturated rings. The Balaban J connectivity index is 1.81. The Hall–Kier alpha value is -1.40. The number of para-hydroxylation sites is 1. The van der Waals surface area contributed by atoms with Crippen molar-refractivity contribution >= 4 is 40.7 Å². The van der Waals surface area contributed by atoms with Crippen molar-refractivity contribution in [2.24, 2.45) is 4.99 Å². The summed E-state index contributed by atoms with van der Waals surface area (Å²) in [6, 6.07) is 6.97. The van der Waals surface area contributed by atoms with Crippen LogP contribution in [0.15, 0.2) is 34.2 Å². The zero-order valence-electron chi connectivity index (χ0n) is 10.1.